The predicted octanol–water partition coefficient (Wildman–Crippen LogP) is 4.51. The van der Waals surface area contributed by atoms with Crippen molar-refractivity contribution in [1.82, 2.24) is 4.98 Å². The molecular weight excluding hydrogens is 298 g/mol. The van der Waals surface area contributed by atoms with Gasteiger partial charge >= 0.3 is 0 Å². The number of carbonyl (C=O) groups is 1. The lowest BCUT2D eigenvalue weighted by molar-refractivity contribution is 0.105. The first-order valence-electron chi connectivity index (χ1n) is 6.79. The average molecular weight is 308 g/mol. The Bertz CT molecular complexity index is 976. The van der Waals surface area contributed by atoms with E-state index in [0.717, 1.165) is 5.39 Å². The quantitative estimate of drug-likeness (QED) is 0.719. The molecule has 1 aromatic heterocycles. The number of fused-ring (bicyclic) bond motifs is 2. The van der Waals surface area contributed by atoms with Gasteiger partial charge in [-0.3, -0.25) is 4.79 Å². The van der Waals surface area contributed by atoms with Crippen molar-refractivity contribution >= 4 is 39.6 Å². The molecule has 3 aromatic rings. The van der Waals surface area contributed by atoms with Crippen LogP contribution in [0.25, 0.3) is 22.2 Å². The van der Waals surface area contributed by atoms with E-state index >= 15 is 0 Å². The molecule has 0 fully saturated rings. The smallest absolute Gasteiger partial charge is 0.199 e. The van der Waals surface area contributed by atoms with Gasteiger partial charge in [-0.05, 0) is 18.2 Å². The zero-order chi connectivity index (χ0) is 15.3. The predicted molar refractivity (Wildman–Crippen MR) is 87.0 cm³/mol. The van der Waals surface area contributed by atoms with Gasteiger partial charge in [0, 0.05) is 21.5 Å². The van der Waals surface area contributed by atoms with Gasteiger partial charge in [0.05, 0.1) is 16.8 Å². The van der Waals surface area contributed by atoms with Crippen molar-refractivity contribution in [3.63, 3.8) is 0 Å². The van der Waals surface area contributed by atoms with Crippen molar-refractivity contribution in [3.8, 4) is 0 Å². The van der Waals surface area contributed by atoms with Crippen LogP contribution in [0.4, 0.5) is 0 Å². The van der Waals surface area contributed by atoms with Crippen LogP contribution in [0.15, 0.2) is 54.6 Å². The summed E-state index contributed by atoms with van der Waals surface area (Å²) in [4.78, 5) is 17.0. The number of hydrogen-bond donors (Lipinski definition) is 1. The van der Waals surface area contributed by atoms with Crippen LogP contribution in [-0.2, 0) is 0 Å². The molecule has 4 rings (SSSR count). The zero-order valence-electron chi connectivity index (χ0n) is 11.4. The normalized spacial score (nSPS) is 13.8. The van der Waals surface area contributed by atoms with Crippen LogP contribution in [0.2, 0.25) is 5.02 Å². The monoisotopic (exact) mass is 307 g/mol. The van der Waals surface area contributed by atoms with Gasteiger partial charge in [-0.1, -0.05) is 48.0 Å². The first-order chi connectivity index (χ1) is 10.6. The number of carbonyl (C=O) groups excluding carboxylic acids is 1. The van der Waals surface area contributed by atoms with Gasteiger partial charge < -0.3 is 5.11 Å². The van der Waals surface area contributed by atoms with Crippen LogP contribution in [0.1, 0.15) is 21.6 Å². The summed E-state index contributed by atoms with van der Waals surface area (Å²) in [5.74, 6) is -0.226. The van der Waals surface area contributed by atoms with E-state index in [0.29, 0.717) is 27.4 Å². The maximum Gasteiger partial charge on any atom is 0.199 e. The Balaban J connectivity index is 1.93. The third kappa shape index (κ3) is 1.83. The maximum absolute atomic E-state index is 12.5. The lowest BCUT2D eigenvalue weighted by Gasteiger charge is -2.04. The summed E-state index contributed by atoms with van der Waals surface area (Å²) in [5.41, 5.74) is 2.43. The van der Waals surface area contributed by atoms with E-state index in [1.807, 2.05) is 12.1 Å². The topological polar surface area (TPSA) is 50.2 Å². The number of aliphatic hydroxyl groups is 1. The van der Waals surface area contributed by atoms with Crippen LogP contribution in [0.5, 0.6) is 0 Å². The van der Waals surface area contributed by atoms with E-state index in [9.17, 15) is 9.90 Å². The molecule has 0 aliphatic heterocycles. The number of rotatable bonds is 1. The highest BCUT2D eigenvalue weighted by atomic mass is 35.5. The minimum atomic E-state index is -0.207. The minimum absolute atomic E-state index is 0.0190. The summed E-state index contributed by atoms with van der Waals surface area (Å²) in [6.45, 7) is 0. The highest BCUT2D eigenvalue weighted by Crippen LogP contribution is 2.36. The van der Waals surface area contributed by atoms with Crippen molar-refractivity contribution in [1.29, 1.82) is 0 Å². The molecule has 0 unspecified atom stereocenters. The van der Waals surface area contributed by atoms with Crippen molar-refractivity contribution in [2.45, 2.75) is 0 Å². The molecule has 106 valence electrons. The Morgan fingerprint density at radius 2 is 1.68 bits per heavy atom. The molecule has 0 saturated carbocycles. The summed E-state index contributed by atoms with van der Waals surface area (Å²) < 4.78 is 0. The van der Waals surface area contributed by atoms with Gasteiger partial charge in [0.25, 0.3) is 0 Å². The molecule has 22 heavy (non-hydrogen) atoms. The minimum Gasteiger partial charge on any atom is -0.506 e. The zero-order valence-corrected chi connectivity index (χ0v) is 12.1. The summed E-state index contributed by atoms with van der Waals surface area (Å²) >= 11 is 5.99. The maximum atomic E-state index is 12.5. The van der Waals surface area contributed by atoms with Gasteiger partial charge in [-0.15, -0.1) is 0 Å². The molecule has 0 bridgehead atoms. The molecule has 0 saturated heterocycles. The van der Waals surface area contributed by atoms with Crippen LogP contribution in [0.3, 0.4) is 0 Å². The summed E-state index contributed by atoms with van der Waals surface area (Å²) in [6.07, 6.45) is 0. The molecule has 1 aliphatic rings. The number of aromatic nitrogens is 1. The highest BCUT2D eigenvalue weighted by molar-refractivity contribution is 6.38. The Hall–Kier alpha value is -2.65. The van der Waals surface area contributed by atoms with Crippen molar-refractivity contribution in [2.24, 2.45) is 0 Å². The molecule has 0 atom stereocenters. The number of hydrogen-bond acceptors (Lipinski definition) is 3. The first kappa shape index (κ1) is 13.0. The lowest BCUT2D eigenvalue weighted by Crippen LogP contribution is -2.00. The van der Waals surface area contributed by atoms with Gasteiger partial charge in [0.15, 0.2) is 5.78 Å². The van der Waals surface area contributed by atoms with E-state index in [1.165, 1.54) is 0 Å². The number of nitrogens with zero attached hydrogens (tertiary/aromatic N) is 1. The summed E-state index contributed by atoms with van der Waals surface area (Å²) in [6, 6.07) is 16.0. The second kappa shape index (κ2) is 4.68. The average Bonchev–Trinajstić information content (AvgIpc) is 2.79. The fourth-order valence-electron chi connectivity index (χ4n) is 2.73. The lowest BCUT2D eigenvalue weighted by atomic mass is 10.1. The SMILES string of the molecule is O=C1C(c2ccc3ccc(Cl)cc3n2)=C(O)c2ccccc21. The van der Waals surface area contributed by atoms with Gasteiger partial charge in [0.1, 0.15) is 5.76 Å². The number of allylic oxidation sites excluding steroid dienone is 1. The fraction of sp³-hybridized carbons (Fsp3) is 0. The van der Waals surface area contributed by atoms with Crippen molar-refractivity contribution in [3.05, 3.63) is 76.4 Å². The molecular formula is C18H10ClNO2. The van der Waals surface area contributed by atoms with E-state index in [-0.39, 0.29) is 17.1 Å². The second-order valence-corrected chi connectivity index (χ2v) is 5.57. The molecule has 1 aliphatic carbocycles. The number of aliphatic hydroxyl groups excluding tert-OH is 1. The van der Waals surface area contributed by atoms with E-state index < -0.39 is 0 Å². The second-order valence-electron chi connectivity index (χ2n) is 5.13. The number of ketones is 1. The van der Waals surface area contributed by atoms with Gasteiger partial charge in [-0.2, -0.15) is 0 Å². The standard InChI is InChI=1S/C18H10ClNO2/c19-11-7-5-10-6-8-14(20-15(10)9-11)16-17(21)12-3-1-2-4-13(12)18(16)22/h1-9,21H. The van der Waals surface area contributed by atoms with Crippen LogP contribution in [0, 0.1) is 0 Å². The number of benzene rings is 2. The number of pyridine rings is 1. The van der Waals surface area contributed by atoms with Crippen molar-refractivity contribution < 1.29 is 9.90 Å². The molecule has 1 N–H and O–H groups in total. The van der Waals surface area contributed by atoms with Crippen LogP contribution in [-0.4, -0.2) is 15.9 Å². The van der Waals surface area contributed by atoms with Crippen LogP contribution < -0.4 is 0 Å². The van der Waals surface area contributed by atoms with E-state index in [1.54, 1.807) is 42.5 Å². The number of Topliss-reactive ketones (excluding diaryl/α,β-unsaturated/α-hetero) is 1. The van der Waals surface area contributed by atoms with Crippen molar-refractivity contribution in [2.75, 3.05) is 0 Å². The Labute approximate surface area is 131 Å². The molecule has 0 radical (unpaired) electrons. The summed E-state index contributed by atoms with van der Waals surface area (Å²) in [5, 5.41) is 11.9. The van der Waals surface area contributed by atoms with Gasteiger partial charge in [0.2, 0.25) is 0 Å². The Morgan fingerprint density at radius 1 is 0.955 bits per heavy atom. The van der Waals surface area contributed by atoms with Crippen LogP contribution >= 0.6 is 11.6 Å². The Kier molecular flexibility index (Phi) is 2.78. The third-order valence-electron chi connectivity index (χ3n) is 3.80. The molecule has 2 aromatic carbocycles. The Morgan fingerprint density at radius 3 is 2.45 bits per heavy atom. The molecule has 3 nitrogen and oxygen atoms in total. The number of halogens is 1. The van der Waals surface area contributed by atoms with E-state index in [4.69, 9.17) is 11.6 Å². The largest absolute Gasteiger partial charge is 0.506 e. The molecule has 0 amide bonds. The first-order valence-corrected chi connectivity index (χ1v) is 7.17. The fourth-order valence-corrected chi connectivity index (χ4v) is 2.90. The molecule has 0 spiro atoms. The molecule has 1 heterocycles. The third-order valence-corrected chi connectivity index (χ3v) is 4.04. The molecule has 4 heteroatoms. The summed E-state index contributed by atoms with van der Waals surface area (Å²) in [7, 11) is 0. The van der Waals surface area contributed by atoms with Gasteiger partial charge in [-0.25, -0.2) is 4.98 Å². The highest BCUT2D eigenvalue weighted by Gasteiger charge is 2.31. The van der Waals surface area contributed by atoms with E-state index in [2.05, 4.69) is 4.98 Å².